The SMILES string of the molecule is CSc1nc2ncnc(NCCOc3ncccc3C(F)(F)F)c2s1. The number of fused-ring (bicyclic) bond motifs is 1. The summed E-state index contributed by atoms with van der Waals surface area (Å²) in [5.41, 5.74) is -0.316. The first kappa shape index (κ1) is 17.7. The number of alkyl halides is 3. The highest BCUT2D eigenvalue weighted by Crippen LogP contribution is 2.34. The first-order chi connectivity index (χ1) is 12.0. The van der Waals surface area contributed by atoms with Gasteiger partial charge in [0.1, 0.15) is 29.0 Å². The third-order valence-corrected chi connectivity index (χ3v) is 5.09. The fourth-order valence-corrected chi connectivity index (χ4v) is 3.47. The molecule has 3 rings (SSSR count). The minimum Gasteiger partial charge on any atom is -0.475 e. The number of hydrogen-bond acceptors (Lipinski definition) is 8. The van der Waals surface area contributed by atoms with Gasteiger partial charge in [-0.05, 0) is 18.4 Å². The second-order valence-corrected chi connectivity index (χ2v) is 6.74. The Morgan fingerprint density at radius 2 is 2.12 bits per heavy atom. The predicted molar refractivity (Wildman–Crippen MR) is 90.2 cm³/mol. The number of nitrogens with one attached hydrogen (secondary N) is 1. The Labute approximate surface area is 148 Å². The highest BCUT2D eigenvalue weighted by atomic mass is 32.2. The third kappa shape index (κ3) is 4.10. The van der Waals surface area contributed by atoms with Crippen LogP contribution in [-0.4, -0.2) is 39.3 Å². The number of aromatic nitrogens is 4. The molecule has 132 valence electrons. The van der Waals surface area contributed by atoms with Gasteiger partial charge in [0.2, 0.25) is 5.88 Å². The number of halogens is 3. The van der Waals surface area contributed by atoms with Crippen molar-refractivity contribution in [2.24, 2.45) is 0 Å². The summed E-state index contributed by atoms with van der Waals surface area (Å²) in [5.74, 6) is 0.135. The number of thioether (sulfide) groups is 1. The minimum atomic E-state index is -4.51. The fraction of sp³-hybridized carbons (Fsp3) is 0.286. The molecule has 6 nitrogen and oxygen atoms in total. The molecule has 0 saturated carbocycles. The van der Waals surface area contributed by atoms with Crippen LogP contribution in [0.1, 0.15) is 5.56 Å². The lowest BCUT2D eigenvalue weighted by atomic mass is 10.2. The van der Waals surface area contributed by atoms with Crippen molar-refractivity contribution < 1.29 is 17.9 Å². The maximum absolute atomic E-state index is 12.9. The van der Waals surface area contributed by atoms with Crippen molar-refractivity contribution in [3.8, 4) is 5.88 Å². The molecule has 25 heavy (non-hydrogen) atoms. The van der Waals surface area contributed by atoms with Gasteiger partial charge in [0.05, 0.1) is 6.54 Å². The molecule has 1 N–H and O–H groups in total. The third-order valence-electron chi connectivity index (χ3n) is 3.06. The molecule has 0 aromatic carbocycles. The molecule has 0 spiro atoms. The Bertz CT molecular complexity index is 871. The molecule has 0 amide bonds. The second kappa shape index (κ2) is 7.40. The average molecular weight is 387 g/mol. The van der Waals surface area contributed by atoms with Gasteiger partial charge < -0.3 is 10.1 Å². The lowest BCUT2D eigenvalue weighted by Gasteiger charge is -2.12. The van der Waals surface area contributed by atoms with E-state index in [-0.39, 0.29) is 13.2 Å². The molecule has 3 aromatic rings. The Morgan fingerprint density at radius 3 is 2.88 bits per heavy atom. The molecule has 11 heteroatoms. The van der Waals surface area contributed by atoms with Gasteiger partial charge in [-0.3, -0.25) is 0 Å². The van der Waals surface area contributed by atoms with Crippen LogP contribution in [0.5, 0.6) is 5.88 Å². The maximum Gasteiger partial charge on any atom is 0.421 e. The number of ether oxygens (including phenoxy) is 1. The molecule has 3 heterocycles. The van der Waals surface area contributed by atoms with Crippen molar-refractivity contribution in [2.45, 2.75) is 10.5 Å². The largest absolute Gasteiger partial charge is 0.475 e. The van der Waals surface area contributed by atoms with Crippen molar-refractivity contribution >= 4 is 39.3 Å². The molecule has 3 aromatic heterocycles. The number of thiazole rings is 1. The van der Waals surface area contributed by atoms with E-state index in [2.05, 4.69) is 25.3 Å². The van der Waals surface area contributed by atoms with E-state index in [1.165, 1.54) is 41.7 Å². The second-order valence-electron chi connectivity index (χ2n) is 4.69. The Balaban J connectivity index is 1.64. The molecule has 0 radical (unpaired) electrons. The monoisotopic (exact) mass is 387 g/mol. The van der Waals surface area contributed by atoms with Gasteiger partial charge in [-0.2, -0.15) is 13.2 Å². The molecule has 0 atom stereocenters. The van der Waals surface area contributed by atoms with E-state index in [4.69, 9.17) is 4.74 Å². The van der Waals surface area contributed by atoms with Crippen LogP contribution >= 0.6 is 23.1 Å². The molecule has 0 aliphatic heterocycles. The normalized spacial score (nSPS) is 11.7. The summed E-state index contributed by atoms with van der Waals surface area (Å²) in [5, 5.41) is 3.03. The smallest absolute Gasteiger partial charge is 0.421 e. The molecule has 0 aliphatic carbocycles. The summed E-state index contributed by atoms with van der Waals surface area (Å²) < 4.78 is 45.4. The standard InChI is InChI=1S/C14H12F3N5OS2/c1-24-13-22-11-9(25-13)10(20-7-21-11)18-5-6-23-12-8(14(15,16)17)3-2-4-19-12/h2-4,7H,5-6H2,1H3,(H,18,20,21). The molecular formula is C14H12F3N5OS2. The van der Waals surface area contributed by atoms with Gasteiger partial charge >= 0.3 is 6.18 Å². The Morgan fingerprint density at radius 1 is 1.28 bits per heavy atom. The summed E-state index contributed by atoms with van der Waals surface area (Å²) in [4.78, 5) is 16.2. The van der Waals surface area contributed by atoms with Crippen LogP contribution in [0.25, 0.3) is 10.3 Å². The zero-order chi connectivity index (χ0) is 17.9. The molecule has 0 aliphatic rings. The van der Waals surface area contributed by atoms with Crippen molar-refractivity contribution in [1.82, 2.24) is 19.9 Å². The van der Waals surface area contributed by atoms with E-state index < -0.39 is 17.6 Å². The van der Waals surface area contributed by atoms with Gasteiger partial charge in [0, 0.05) is 6.20 Å². The van der Waals surface area contributed by atoms with Gasteiger partial charge in [0.25, 0.3) is 0 Å². The highest BCUT2D eigenvalue weighted by molar-refractivity contribution is 8.00. The molecule has 0 fully saturated rings. The molecule has 0 saturated heterocycles. The van der Waals surface area contributed by atoms with Crippen molar-refractivity contribution in [3.05, 3.63) is 30.2 Å². The number of rotatable bonds is 6. The van der Waals surface area contributed by atoms with Gasteiger partial charge in [0.15, 0.2) is 9.99 Å². The zero-order valence-corrected chi connectivity index (χ0v) is 14.5. The van der Waals surface area contributed by atoms with Crippen LogP contribution < -0.4 is 10.1 Å². The zero-order valence-electron chi connectivity index (χ0n) is 12.9. The molecule has 0 unspecified atom stereocenters. The number of pyridine rings is 1. The topological polar surface area (TPSA) is 72.8 Å². The van der Waals surface area contributed by atoms with Gasteiger partial charge in [-0.25, -0.2) is 19.9 Å². The van der Waals surface area contributed by atoms with Crippen molar-refractivity contribution in [2.75, 3.05) is 24.7 Å². The van der Waals surface area contributed by atoms with E-state index in [0.29, 0.717) is 11.5 Å². The van der Waals surface area contributed by atoms with Crippen LogP contribution in [0.3, 0.4) is 0 Å². The minimum absolute atomic E-state index is 0.000220. The summed E-state index contributed by atoms with van der Waals surface area (Å²) in [6, 6.07) is 2.16. The lowest BCUT2D eigenvalue weighted by molar-refractivity contribution is -0.139. The van der Waals surface area contributed by atoms with E-state index in [0.717, 1.165) is 15.1 Å². The van der Waals surface area contributed by atoms with Crippen molar-refractivity contribution in [1.29, 1.82) is 0 Å². The molecule has 0 bridgehead atoms. The summed E-state index contributed by atoms with van der Waals surface area (Å²) in [6.07, 6.45) is 0.0486. The van der Waals surface area contributed by atoms with Gasteiger partial charge in [-0.15, -0.1) is 11.3 Å². The fourth-order valence-electron chi connectivity index (χ4n) is 1.99. The number of anilines is 1. The Hall–Kier alpha value is -2.14. The summed E-state index contributed by atoms with van der Waals surface area (Å²) >= 11 is 2.95. The van der Waals surface area contributed by atoms with Crippen LogP contribution in [0.2, 0.25) is 0 Å². The van der Waals surface area contributed by atoms with Gasteiger partial charge in [-0.1, -0.05) is 11.8 Å². The maximum atomic E-state index is 12.9. The van der Waals surface area contributed by atoms with E-state index >= 15 is 0 Å². The number of nitrogens with zero attached hydrogens (tertiary/aromatic N) is 4. The van der Waals surface area contributed by atoms with E-state index in [1.807, 2.05) is 6.26 Å². The predicted octanol–water partition coefficient (Wildman–Crippen LogP) is 3.71. The van der Waals surface area contributed by atoms with E-state index in [9.17, 15) is 13.2 Å². The van der Waals surface area contributed by atoms with E-state index in [1.54, 1.807) is 0 Å². The van der Waals surface area contributed by atoms with Crippen molar-refractivity contribution in [3.63, 3.8) is 0 Å². The first-order valence-corrected chi connectivity index (χ1v) is 9.07. The summed E-state index contributed by atoms with van der Waals surface area (Å²) in [7, 11) is 0. The van der Waals surface area contributed by atoms with Crippen LogP contribution in [0, 0.1) is 0 Å². The lowest BCUT2D eigenvalue weighted by Crippen LogP contribution is -2.16. The summed E-state index contributed by atoms with van der Waals surface area (Å²) in [6.45, 7) is 0.256. The highest BCUT2D eigenvalue weighted by Gasteiger charge is 2.34. The average Bonchev–Trinajstić information content (AvgIpc) is 3.02. The Kier molecular flexibility index (Phi) is 5.23. The van der Waals surface area contributed by atoms with Crippen LogP contribution in [-0.2, 0) is 6.18 Å². The quantitative estimate of drug-likeness (QED) is 0.510. The first-order valence-electron chi connectivity index (χ1n) is 7.03. The molecular weight excluding hydrogens is 375 g/mol. The number of hydrogen-bond donors (Lipinski definition) is 1. The van der Waals surface area contributed by atoms with Crippen LogP contribution in [0.15, 0.2) is 29.0 Å². The van der Waals surface area contributed by atoms with Crippen LogP contribution in [0.4, 0.5) is 19.0 Å².